The van der Waals surface area contributed by atoms with Crippen molar-refractivity contribution in [1.29, 1.82) is 10.5 Å². The van der Waals surface area contributed by atoms with Crippen LogP contribution in [0.3, 0.4) is 0 Å². The minimum absolute atomic E-state index is 0.0000754. The molecule has 0 radical (unpaired) electrons. The van der Waals surface area contributed by atoms with E-state index in [4.69, 9.17) is 0 Å². The maximum atomic E-state index is 14.1. The van der Waals surface area contributed by atoms with E-state index in [1.54, 1.807) is 25.2 Å². The first-order valence-electron chi connectivity index (χ1n) is 13.3. The van der Waals surface area contributed by atoms with Crippen molar-refractivity contribution >= 4 is 22.4 Å². The van der Waals surface area contributed by atoms with Crippen molar-refractivity contribution in [3.63, 3.8) is 0 Å². The van der Waals surface area contributed by atoms with Crippen LogP contribution >= 0.6 is 0 Å². The number of benzene rings is 1. The molecule has 2 fully saturated rings. The number of hydrogen-bond donors (Lipinski definition) is 0. The number of pyridine rings is 2. The molecule has 0 aliphatic heterocycles. The van der Waals surface area contributed by atoms with Crippen LogP contribution < -0.4 is 20.1 Å². The zero-order chi connectivity index (χ0) is 28.6. The molecule has 5 rings (SSSR count). The third-order valence-electron chi connectivity index (χ3n) is 8.06. The highest BCUT2D eigenvalue weighted by Crippen LogP contribution is 2.39. The van der Waals surface area contributed by atoms with Crippen LogP contribution in [-0.4, -0.2) is 41.8 Å². The van der Waals surface area contributed by atoms with Crippen LogP contribution in [0.2, 0.25) is 0 Å². The van der Waals surface area contributed by atoms with E-state index >= 15 is 0 Å². The molecule has 0 saturated heterocycles. The lowest BCUT2D eigenvalue weighted by Gasteiger charge is -2.42. The number of aryl methyl sites for hydroxylation is 1. The van der Waals surface area contributed by atoms with Gasteiger partial charge < -0.3 is 19.1 Å². The SMILES string of the molecule is Cn1c(=O)c(C#N)c(N(C)[C@H]2CC[C@H](N(CC3CC3)c3ccc(F)c(OC(F)F)c3)CC2)c2nc(C#N)ccc21. The molecule has 0 bridgehead atoms. The lowest BCUT2D eigenvalue weighted by atomic mass is 9.88. The Morgan fingerprint density at radius 2 is 1.77 bits per heavy atom. The van der Waals surface area contributed by atoms with Crippen LogP contribution in [-0.2, 0) is 7.05 Å². The summed E-state index contributed by atoms with van der Waals surface area (Å²) in [5, 5.41) is 19.3. The summed E-state index contributed by atoms with van der Waals surface area (Å²) in [7, 11) is 3.42. The molecule has 0 spiro atoms. The van der Waals surface area contributed by atoms with Gasteiger partial charge in [-0.1, -0.05) is 0 Å². The number of halogens is 3. The van der Waals surface area contributed by atoms with Gasteiger partial charge in [0.1, 0.15) is 28.9 Å². The summed E-state index contributed by atoms with van der Waals surface area (Å²) in [6.07, 6.45) is 5.21. The zero-order valence-electron chi connectivity index (χ0n) is 22.3. The highest BCUT2D eigenvalue weighted by atomic mass is 19.3. The Morgan fingerprint density at radius 3 is 2.40 bits per heavy atom. The Kier molecular flexibility index (Phi) is 7.57. The van der Waals surface area contributed by atoms with Gasteiger partial charge in [0.2, 0.25) is 0 Å². The molecule has 40 heavy (non-hydrogen) atoms. The van der Waals surface area contributed by atoms with E-state index in [1.165, 1.54) is 16.7 Å². The predicted octanol–water partition coefficient (Wildman–Crippen LogP) is 5.08. The van der Waals surface area contributed by atoms with Gasteiger partial charge in [0, 0.05) is 44.5 Å². The first kappa shape index (κ1) is 27.3. The number of aromatic nitrogens is 2. The normalized spacial score (nSPS) is 18.8. The molecule has 2 aliphatic carbocycles. The summed E-state index contributed by atoms with van der Waals surface area (Å²) in [6, 6.07) is 11.5. The van der Waals surface area contributed by atoms with E-state index in [-0.39, 0.29) is 23.3 Å². The summed E-state index contributed by atoms with van der Waals surface area (Å²) in [4.78, 5) is 21.6. The highest BCUT2D eigenvalue weighted by molar-refractivity contribution is 5.92. The van der Waals surface area contributed by atoms with E-state index in [2.05, 4.69) is 20.7 Å². The van der Waals surface area contributed by atoms with Crippen molar-refractivity contribution in [2.45, 2.75) is 57.2 Å². The Hall–Kier alpha value is -4.25. The van der Waals surface area contributed by atoms with E-state index in [9.17, 15) is 28.5 Å². The summed E-state index contributed by atoms with van der Waals surface area (Å²) < 4.78 is 45.6. The minimum atomic E-state index is -3.12. The standard InChI is InChI=1S/C29H29F3N6O2/c1-36(27-22(15-34)28(39)37(2)24-12-5-18(14-33)35-26(24)27)19-6-8-20(9-7-19)38(16-17-3-4-17)21-10-11-23(30)25(13-21)40-29(31)32/h5,10-13,17,19-20,29H,3-4,6-9,16H2,1-2H3/t19-,20-. The molecule has 2 saturated carbocycles. The number of anilines is 2. The number of alkyl halides is 2. The molecule has 3 aromatic rings. The van der Waals surface area contributed by atoms with Crippen molar-refractivity contribution in [2.75, 3.05) is 23.4 Å². The van der Waals surface area contributed by atoms with Crippen LogP contribution in [0.15, 0.2) is 35.1 Å². The van der Waals surface area contributed by atoms with Crippen molar-refractivity contribution in [2.24, 2.45) is 13.0 Å². The Morgan fingerprint density at radius 1 is 1.07 bits per heavy atom. The highest BCUT2D eigenvalue weighted by Gasteiger charge is 2.34. The first-order valence-corrected chi connectivity index (χ1v) is 13.3. The van der Waals surface area contributed by atoms with E-state index in [1.807, 2.05) is 18.0 Å². The monoisotopic (exact) mass is 550 g/mol. The van der Waals surface area contributed by atoms with E-state index in [0.29, 0.717) is 28.3 Å². The van der Waals surface area contributed by atoms with Gasteiger partial charge in [-0.05, 0) is 68.7 Å². The van der Waals surface area contributed by atoms with Gasteiger partial charge >= 0.3 is 6.61 Å². The Bertz CT molecular complexity index is 1570. The number of nitriles is 2. The molecule has 0 unspecified atom stereocenters. The number of rotatable bonds is 8. The lowest BCUT2D eigenvalue weighted by molar-refractivity contribution is -0.0521. The van der Waals surface area contributed by atoms with Gasteiger partial charge in [0.15, 0.2) is 11.6 Å². The maximum Gasteiger partial charge on any atom is 0.387 e. The fraction of sp³-hybridized carbons (Fsp3) is 0.448. The van der Waals surface area contributed by atoms with Crippen molar-refractivity contribution < 1.29 is 17.9 Å². The third kappa shape index (κ3) is 5.29. The van der Waals surface area contributed by atoms with Crippen molar-refractivity contribution in [1.82, 2.24) is 9.55 Å². The molecule has 8 nitrogen and oxygen atoms in total. The molecule has 0 N–H and O–H groups in total. The molecule has 11 heteroatoms. The van der Waals surface area contributed by atoms with Gasteiger partial charge in [0.25, 0.3) is 5.56 Å². The van der Waals surface area contributed by atoms with Crippen LogP contribution in [0, 0.1) is 34.4 Å². The smallest absolute Gasteiger partial charge is 0.387 e. The van der Waals surface area contributed by atoms with Crippen LogP contribution in [0.25, 0.3) is 11.0 Å². The zero-order valence-corrected chi connectivity index (χ0v) is 22.3. The fourth-order valence-electron chi connectivity index (χ4n) is 5.74. The minimum Gasteiger partial charge on any atom is -0.432 e. The second kappa shape index (κ2) is 11.1. The Balaban J connectivity index is 1.42. The quantitative estimate of drug-likeness (QED) is 0.386. The average molecular weight is 551 g/mol. The van der Waals surface area contributed by atoms with E-state index in [0.717, 1.165) is 45.1 Å². The molecule has 2 aliphatic rings. The summed E-state index contributed by atoms with van der Waals surface area (Å²) in [6.45, 7) is -2.36. The molecule has 0 amide bonds. The third-order valence-corrected chi connectivity index (χ3v) is 8.06. The number of hydrogen-bond acceptors (Lipinski definition) is 7. The summed E-state index contributed by atoms with van der Waals surface area (Å²) in [5.41, 5.74) is 1.78. The molecule has 0 atom stereocenters. The van der Waals surface area contributed by atoms with Gasteiger partial charge in [0.05, 0.1) is 11.2 Å². The molecule has 1 aromatic carbocycles. The number of nitrogens with zero attached hydrogens (tertiary/aromatic N) is 6. The molecule has 2 heterocycles. The van der Waals surface area contributed by atoms with Crippen LogP contribution in [0.5, 0.6) is 5.75 Å². The van der Waals surface area contributed by atoms with Crippen molar-refractivity contribution in [3.8, 4) is 17.9 Å². The Labute approximate surface area is 229 Å². The number of fused-ring (bicyclic) bond motifs is 1. The molecule has 208 valence electrons. The number of ether oxygens (including phenoxy) is 1. The van der Waals surface area contributed by atoms with Gasteiger partial charge in [-0.25, -0.2) is 9.37 Å². The largest absolute Gasteiger partial charge is 0.432 e. The predicted molar refractivity (Wildman–Crippen MR) is 144 cm³/mol. The lowest BCUT2D eigenvalue weighted by Crippen LogP contribution is -2.44. The second-order valence-corrected chi connectivity index (χ2v) is 10.5. The molecular formula is C29H29F3N6O2. The van der Waals surface area contributed by atoms with Crippen molar-refractivity contribution in [3.05, 3.63) is 57.8 Å². The average Bonchev–Trinajstić information content (AvgIpc) is 3.78. The molecule has 2 aromatic heterocycles. The topological polar surface area (TPSA) is 98.2 Å². The van der Waals surface area contributed by atoms with Gasteiger partial charge in [-0.2, -0.15) is 19.3 Å². The summed E-state index contributed by atoms with van der Waals surface area (Å²) >= 11 is 0. The van der Waals surface area contributed by atoms with Crippen LogP contribution in [0.4, 0.5) is 24.5 Å². The molecular weight excluding hydrogens is 521 g/mol. The van der Waals surface area contributed by atoms with Crippen LogP contribution in [0.1, 0.15) is 49.8 Å². The van der Waals surface area contributed by atoms with Gasteiger partial charge in [-0.3, -0.25) is 4.79 Å². The first-order chi connectivity index (χ1) is 19.2. The van der Waals surface area contributed by atoms with Gasteiger partial charge in [-0.15, -0.1) is 0 Å². The van der Waals surface area contributed by atoms with E-state index < -0.39 is 23.7 Å². The fourth-order valence-corrected chi connectivity index (χ4v) is 5.74. The second-order valence-electron chi connectivity index (χ2n) is 10.5. The summed E-state index contributed by atoms with van der Waals surface area (Å²) in [5.74, 6) is -0.786. The maximum absolute atomic E-state index is 14.1.